The van der Waals surface area contributed by atoms with Crippen LogP contribution in [0.15, 0.2) is 6.33 Å². The molecule has 2 aromatic rings. The maximum atomic E-state index is 9.13. The zero-order chi connectivity index (χ0) is 12.5. The van der Waals surface area contributed by atoms with E-state index in [9.17, 15) is 0 Å². The molecule has 0 saturated carbocycles. The molecule has 0 bridgehead atoms. The quantitative estimate of drug-likeness (QED) is 0.707. The average molecular weight is 267 g/mol. The molecule has 0 spiro atoms. The first kappa shape index (κ1) is 11.7. The number of aliphatic hydroxyl groups is 1. The highest BCUT2D eigenvalue weighted by molar-refractivity contribution is 7.99. The molecular formula is C10H13N5O2S. The van der Waals surface area contributed by atoms with Crippen LogP contribution in [0.2, 0.25) is 0 Å². The second kappa shape index (κ2) is 4.71. The van der Waals surface area contributed by atoms with Crippen molar-refractivity contribution in [1.82, 2.24) is 19.9 Å². The van der Waals surface area contributed by atoms with Gasteiger partial charge in [-0.05, 0) is 0 Å². The maximum Gasteiger partial charge on any atom is 0.183 e. The minimum absolute atomic E-state index is 0.00360. The van der Waals surface area contributed by atoms with Crippen molar-refractivity contribution in [2.75, 3.05) is 23.8 Å². The average Bonchev–Trinajstić information content (AvgIpc) is 2.87. The van der Waals surface area contributed by atoms with Crippen LogP contribution in [0.4, 0.5) is 5.82 Å². The Balaban J connectivity index is 1.93. The van der Waals surface area contributed by atoms with E-state index in [0.717, 1.165) is 11.5 Å². The lowest BCUT2D eigenvalue weighted by atomic mass is 10.3. The van der Waals surface area contributed by atoms with E-state index in [4.69, 9.17) is 15.6 Å². The van der Waals surface area contributed by atoms with Gasteiger partial charge in [0.15, 0.2) is 17.3 Å². The molecule has 0 radical (unpaired) electrons. The Morgan fingerprint density at radius 2 is 2.39 bits per heavy atom. The van der Waals surface area contributed by atoms with Gasteiger partial charge < -0.3 is 20.6 Å². The molecule has 18 heavy (non-hydrogen) atoms. The number of anilines is 1. The zero-order valence-electron chi connectivity index (χ0n) is 9.54. The first-order valence-electron chi connectivity index (χ1n) is 5.58. The van der Waals surface area contributed by atoms with Gasteiger partial charge in [-0.1, -0.05) is 0 Å². The summed E-state index contributed by atoms with van der Waals surface area (Å²) in [4.78, 5) is 15.5. The van der Waals surface area contributed by atoms with Gasteiger partial charge in [-0.25, -0.2) is 15.0 Å². The van der Waals surface area contributed by atoms with Crippen LogP contribution in [0, 0.1) is 0 Å². The summed E-state index contributed by atoms with van der Waals surface area (Å²) in [7, 11) is 0. The summed E-state index contributed by atoms with van der Waals surface area (Å²) >= 11 is 1.71. The Labute approximate surface area is 107 Å². The Kier molecular flexibility index (Phi) is 3.06. The molecule has 3 rings (SSSR count). The Bertz CT molecular complexity index is 560. The summed E-state index contributed by atoms with van der Waals surface area (Å²) in [6, 6.07) is 0. The number of aromatic nitrogens is 4. The molecule has 4 N–H and O–H groups in total. The minimum Gasteiger partial charge on any atom is -0.394 e. The number of nitrogens with one attached hydrogen (secondary N) is 1. The molecule has 0 aromatic carbocycles. The number of thioether (sulfide) groups is 1. The third-order valence-electron chi connectivity index (χ3n) is 2.75. The zero-order valence-corrected chi connectivity index (χ0v) is 10.4. The summed E-state index contributed by atoms with van der Waals surface area (Å²) < 4.78 is 5.71. The number of hydrogen-bond acceptors (Lipinski definition) is 7. The van der Waals surface area contributed by atoms with Crippen molar-refractivity contribution >= 4 is 28.7 Å². The van der Waals surface area contributed by atoms with Gasteiger partial charge in [0.05, 0.1) is 19.0 Å². The van der Waals surface area contributed by atoms with E-state index in [2.05, 4.69) is 19.9 Å². The van der Waals surface area contributed by atoms with Crippen LogP contribution in [-0.4, -0.2) is 49.3 Å². The fraction of sp³-hybridized carbons (Fsp3) is 0.500. The molecule has 2 unspecified atom stereocenters. The standard InChI is InChI=1S/C10H13N5O2S/c11-8-7-10(13-4-12-7)15-9(14-8)6-3-18-2-5(1-16)17-6/h4-6,16H,1-3H2,(H3,11,12,13,14,15). The molecule has 0 aliphatic carbocycles. The third-order valence-corrected chi connectivity index (χ3v) is 3.90. The van der Waals surface area contributed by atoms with Crippen LogP contribution in [0.3, 0.4) is 0 Å². The number of aromatic amines is 1. The first-order chi connectivity index (χ1) is 8.78. The van der Waals surface area contributed by atoms with E-state index in [1.165, 1.54) is 6.33 Å². The van der Waals surface area contributed by atoms with Crippen molar-refractivity contribution < 1.29 is 9.84 Å². The molecule has 1 fully saturated rings. The SMILES string of the molecule is Nc1nc(C2CSCC(CO)O2)nc2nc[nH]c12. The van der Waals surface area contributed by atoms with Crippen molar-refractivity contribution in [3.63, 3.8) is 0 Å². The number of aliphatic hydroxyl groups excluding tert-OH is 1. The number of nitrogen functional groups attached to an aromatic ring is 1. The lowest BCUT2D eigenvalue weighted by Gasteiger charge is -2.27. The lowest BCUT2D eigenvalue weighted by molar-refractivity contribution is -0.0260. The molecule has 8 heteroatoms. The highest BCUT2D eigenvalue weighted by Crippen LogP contribution is 2.29. The lowest BCUT2D eigenvalue weighted by Crippen LogP contribution is -2.30. The summed E-state index contributed by atoms with van der Waals surface area (Å²) in [6.07, 6.45) is 1.12. The number of ether oxygens (including phenoxy) is 1. The molecule has 1 saturated heterocycles. The molecule has 7 nitrogen and oxygen atoms in total. The second-order valence-corrected chi connectivity index (χ2v) is 5.11. The predicted molar refractivity (Wildman–Crippen MR) is 68.1 cm³/mol. The molecule has 96 valence electrons. The van der Waals surface area contributed by atoms with Crippen molar-refractivity contribution in [3.8, 4) is 0 Å². The van der Waals surface area contributed by atoms with E-state index in [1.54, 1.807) is 11.8 Å². The number of rotatable bonds is 2. The summed E-state index contributed by atoms with van der Waals surface area (Å²) in [5.74, 6) is 2.43. The van der Waals surface area contributed by atoms with Gasteiger partial charge in [0.2, 0.25) is 0 Å². The Morgan fingerprint density at radius 3 is 3.22 bits per heavy atom. The third kappa shape index (κ3) is 2.02. The Hall–Kier alpha value is -1.38. The van der Waals surface area contributed by atoms with Crippen molar-refractivity contribution in [2.24, 2.45) is 0 Å². The molecule has 1 aliphatic rings. The number of fused-ring (bicyclic) bond motifs is 1. The highest BCUT2D eigenvalue weighted by atomic mass is 32.2. The number of hydrogen-bond donors (Lipinski definition) is 3. The number of imidazole rings is 1. The molecule has 0 amide bonds. The van der Waals surface area contributed by atoms with Crippen molar-refractivity contribution in [2.45, 2.75) is 12.2 Å². The number of nitrogens with zero attached hydrogens (tertiary/aromatic N) is 3. The largest absolute Gasteiger partial charge is 0.394 e. The number of H-pyrrole nitrogens is 1. The van der Waals surface area contributed by atoms with Gasteiger partial charge in [-0.2, -0.15) is 11.8 Å². The normalized spacial score (nSPS) is 24.5. The summed E-state index contributed by atoms with van der Waals surface area (Å²) in [5.41, 5.74) is 7.02. The fourth-order valence-corrected chi connectivity index (χ4v) is 2.89. The van der Waals surface area contributed by atoms with Crippen LogP contribution in [0.5, 0.6) is 0 Å². The summed E-state index contributed by atoms with van der Waals surface area (Å²) in [5, 5.41) is 9.13. The first-order valence-corrected chi connectivity index (χ1v) is 6.74. The van der Waals surface area contributed by atoms with Crippen molar-refractivity contribution in [1.29, 1.82) is 0 Å². The number of nitrogens with two attached hydrogens (primary N) is 1. The van der Waals surface area contributed by atoms with E-state index >= 15 is 0 Å². The van der Waals surface area contributed by atoms with Gasteiger partial charge in [0.1, 0.15) is 11.6 Å². The maximum absolute atomic E-state index is 9.13. The molecule has 1 aliphatic heterocycles. The summed E-state index contributed by atoms with van der Waals surface area (Å²) in [6.45, 7) is 0.00360. The molecular weight excluding hydrogens is 254 g/mol. The van der Waals surface area contributed by atoms with Gasteiger partial charge in [-0.3, -0.25) is 0 Å². The van der Waals surface area contributed by atoms with E-state index < -0.39 is 0 Å². The Morgan fingerprint density at radius 1 is 1.50 bits per heavy atom. The smallest absolute Gasteiger partial charge is 0.183 e. The van der Waals surface area contributed by atoms with Crippen molar-refractivity contribution in [3.05, 3.63) is 12.2 Å². The monoisotopic (exact) mass is 267 g/mol. The molecule has 2 aromatic heterocycles. The van der Waals surface area contributed by atoms with Crippen LogP contribution in [0.25, 0.3) is 11.2 Å². The molecule has 2 atom stereocenters. The second-order valence-electron chi connectivity index (χ2n) is 4.03. The fourth-order valence-electron chi connectivity index (χ4n) is 1.87. The molecule has 3 heterocycles. The van der Waals surface area contributed by atoms with Gasteiger partial charge >= 0.3 is 0 Å². The predicted octanol–water partition coefficient (Wildman–Crippen LogP) is 0.100. The topological polar surface area (TPSA) is 110 Å². The van der Waals surface area contributed by atoms with Crippen LogP contribution in [0.1, 0.15) is 11.9 Å². The minimum atomic E-state index is -0.246. The van der Waals surface area contributed by atoms with E-state index in [-0.39, 0.29) is 18.8 Å². The highest BCUT2D eigenvalue weighted by Gasteiger charge is 2.26. The van der Waals surface area contributed by atoms with Crippen LogP contribution in [-0.2, 0) is 4.74 Å². The van der Waals surface area contributed by atoms with Crippen LogP contribution < -0.4 is 5.73 Å². The van der Waals surface area contributed by atoms with Gasteiger partial charge in [0, 0.05) is 11.5 Å². The van der Waals surface area contributed by atoms with Crippen LogP contribution >= 0.6 is 11.8 Å². The van der Waals surface area contributed by atoms with Gasteiger partial charge in [0.25, 0.3) is 0 Å². The van der Waals surface area contributed by atoms with E-state index in [0.29, 0.717) is 22.8 Å². The van der Waals surface area contributed by atoms with E-state index in [1.807, 2.05) is 0 Å². The van der Waals surface area contributed by atoms with Gasteiger partial charge in [-0.15, -0.1) is 0 Å².